The van der Waals surface area contributed by atoms with E-state index in [1.807, 2.05) is 20.8 Å². The number of carbonyl (C=O) groups is 2. The highest BCUT2D eigenvalue weighted by Crippen LogP contribution is 2.39. The van der Waals surface area contributed by atoms with E-state index in [1.165, 1.54) is 0 Å². The highest BCUT2D eigenvalue weighted by molar-refractivity contribution is 6.25. The van der Waals surface area contributed by atoms with Crippen molar-refractivity contribution >= 4 is 17.3 Å². The van der Waals surface area contributed by atoms with E-state index in [9.17, 15) is 9.59 Å². The smallest absolute Gasteiger partial charge is 0.306 e. The van der Waals surface area contributed by atoms with Gasteiger partial charge in [0.2, 0.25) is 0 Å². The van der Waals surface area contributed by atoms with Crippen molar-refractivity contribution in [3.05, 3.63) is 40.1 Å². The standard InChI is InChI=1S/C19H24O4/c1-6-23-16(20)10-14-9-15(22-5)18(19(14)21)17-12(3)7-11(2)8-13(17)4/h7-8,14H,6,9-10H2,1-5H3. The number of methoxy groups -OCH3 is 1. The second-order valence-corrected chi connectivity index (χ2v) is 6.05. The summed E-state index contributed by atoms with van der Waals surface area (Å²) in [5.41, 5.74) is 4.83. The fourth-order valence-electron chi connectivity index (χ4n) is 3.37. The summed E-state index contributed by atoms with van der Waals surface area (Å²) in [6, 6.07) is 4.13. The normalized spacial score (nSPS) is 17.6. The van der Waals surface area contributed by atoms with E-state index in [4.69, 9.17) is 9.47 Å². The Morgan fingerprint density at radius 2 is 1.83 bits per heavy atom. The van der Waals surface area contributed by atoms with Gasteiger partial charge in [0, 0.05) is 12.3 Å². The Morgan fingerprint density at radius 3 is 2.35 bits per heavy atom. The van der Waals surface area contributed by atoms with E-state index in [-0.39, 0.29) is 24.1 Å². The Labute approximate surface area is 137 Å². The third-order valence-electron chi connectivity index (χ3n) is 4.22. The minimum Gasteiger partial charge on any atom is -0.500 e. The van der Waals surface area contributed by atoms with Gasteiger partial charge in [-0.1, -0.05) is 17.7 Å². The van der Waals surface area contributed by atoms with Gasteiger partial charge >= 0.3 is 5.97 Å². The fraction of sp³-hybridized carbons (Fsp3) is 0.474. The molecular weight excluding hydrogens is 292 g/mol. The molecule has 0 fully saturated rings. The lowest BCUT2D eigenvalue weighted by Crippen LogP contribution is -2.17. The quantitative estimate of drug-likeness (QED) is 0.780. The van der Waals surface area contributed by atoms with E-state index in [0.717, 1.165) is 22.3 Å². The average Bonchev–Trinajstić information content (AvgIpc) is 2.75. The summed E-state index contributed by atoms with van der Waals surface area (Å²) in [5, 5.41) is 0. The third-order valence-corrected chi connectivity index (χ3v) is 4.22. The van der Waals surface area contributed by atoms with Crippen LogP contribution in [0.1, 0.15) is 42.0 Å². The monoisotopic (exact) mass is 316 g/mol. The fourth-order valence-corrected chi connectivity index (χ4v) is 3.37. The molecule has 0 aromatic heterocycles. The van der Waals surface area contributed by atoms with Crippen LogP contribution in [0.4, 0.5) is 0 Å². The number of esters is 1. The molecule has 23 heavy (non-hydrogen) atoms. The first-order chi connectivity index (χ1) is 10.9. The zero-order valence-electron chi connectivity index (χ0n) is 14.5. The number of Topliss-reactive ketones (excluding diaryl/α,β-unsaturated/α-hetero) is 1. The highest BCUT2D eigenvalue weighted by Gasteiger charge is 2.37. The molecule has 0 heterocycles. The number of benzene rings is 1. The van der Waals surface area contributed by atoms with Gasteiger partial charge in [0.1, 0.15) is 5.76 Å². The molecule has 124 valence electrons. The SMILES string of the molecule is CCOC(=O)CC1CC(OC)=C(c2c(C)cc(C)cc2C)C1=O. The van der Waals surface area contributed by atoms with Gasteiger partial charge in [0.15, 0.2) is 5.78 Å². The van der Waals surface area contributed by atoms with Crippen LogP contribution in [0.3, 0.4) is 0 Å². The Hall–Kier alpha value is -2.10. The van der Waals surface area contributed by atoms with Crippen molar-refractivity contribution in [1.29, 1.82) is 0 Å². The molecule has 4 heteroatoms. The third kappa shape index (κ3) is 3.46. The molecule has 4 nitrogen and oxygen atoms in total. The van der Waals surface area contributed by atoms with Gasteiger partial charge in [-0.25, -0.2) is 0 Å². The summed E-state index contributed by atoms with van der Waals surface area (Å²) in [7, 11) is 1.58. The van der Waals surface area contributed by atoms with Crippen LogP contribution in [-0.4, -0.2) is 25.5 Å². The predicted molar refractivity (Wildman–Crippen MR) is 88.9 cm³/mol. The summed E-state index contributed by atoms with van der Waals surface area (Å²) >= 11 is 0. The van der Waals surface area contributed by atoms with Crippen molar-refractivity contribution in [1.82, 2.24) is 0 Å². The maximum atomic E-state index is 12.9. The average molecular weight is 316 g/mol. The molecule has 0 saturated heterocycles. The summed E-state index contributed by atoms with van der Waals surface area (Å²) in [6.45, 7) is 8.13. The van der Waals surface area contributed by atoms with Crippen LogP contribution in [0.15, 0.2) is 17.9 Å². The van der Waals surface area contributed by atoms with Crippen molar-refractivity contribution in [2.45, 2.75) is 40.5 Å². The largest absolute Gasteiger partial charge is 0.500 e. The van der Waals surface area contributed by atoms with E-state index >= 15 is 0 Å². The van der Waals surface area contributed by atoms with Gasteiger partial charge in [-0.3, -0.25) is 9.59 Å². The summed E-state index contributed by atoms with van der Waals surface area (Å²) in [5.74, 6) is -0.0803. The van der Waals surface area contributed by atoms with Gasteiger partial charge in [-0.15, -0.1) is 0 Å². The van der Waals surface area contributed by atoms with Gasteiger partial charge in [-0.05, 0) is 44.4 Å². The molecule has 2 rings (SSSR count). The van der Waals surface area contributed by atoms with E-state index < -0.39 is 0 Å². The van der Waals surface area contributed by atoms with E-state index in [2.05, 4.69) is 12.1 Å². The predicted octanol–water partition coefficient (Wildman–Crippen LogP) is 3.51. The van der Waals surface area contributed by atoms with Crippen LogP contribution >= 0.6 is 0 Å². The van der Waals surface area contributed by atoms with Gasteiger partial charge in [-0.2, -0.15) is 0 Å². The lowest BCUT2D eigenvalue weighted by atomic mass is 9.90. The molecule has 0 bridgehead atoms. The number of rotatable bonds is 5. The zero-order valence-corrected chi connectivity index (χ0v) is 14.5. The molecule has 1 unspecified atom stereocenters. The number of hydrogen-bond donors (Lipinski definition) is 0. The number of ketones is 1. The molecule has 1 aliphatic carbocycles. The molecule has 0 aliphatic heterocycles. The maximum Gasteiger partial charge on any atom is 0.306 e. The minimum atomic E-state index is -0.390. The van der Waals surface area contributed by atoms with Gasteiger partial charge < -0.3 is 9.47 Å². The number of aryl methyl sites for hydroxylation is 3. The molecule has 0 N–H and O–H groups in total. The van der Waals surface area contributed by atoms with Crippen LogP contribution in [0.2, 0.25) is 0 Å². The first kappa shape index (κ1) is 17.3. The number of allylic oxidation sites excluding steroid dienone is 2. The van der Waals surface area contributed by atoms with Crippen molar-refractivity contribution in [2.24, 2.45) is 5.92 Å². The van der Waals surface area contributed by atoms with E-state index in [1.54, 1.807) is 14.0 Å². The summed E-state index contributed by atoms with van der Waals surface area (Å²) < 4.78 is 10.4. The van der Waals surface area contributed by atoms with Crippen molar-refractivity contribution in [3.8, 4) is 0 Å². The number of hydrogen-bond acceptors (Lipinski definition) is 4. The van der Waals surface area contributed by atoms with Crippen molar-refractivity contribution < 1.29 is 19.1 Å². The number of carbonyl (C=O) groups excluding carboxylic acids is 2. The molecule has 1 aliphatic rings. The Morgan fingerprint density at radius 1 is 1.22 bits per heavy atom. The minimum absolute atomic E-state index is 0.0232. The molecule has 0 radical (unpaired) electrons. The molecule has 1 atom stereocenters. The maximum absolute atomic E-state index is 12.9. The first-order valence-corrected chi connectivity index (χ1v) is 7.94. The molecule has 1 aromatic rings. The van der Waals surface area contributed by atoms with E-state index in [0.29, 0.717) is 24.4 Å². The molecular formula is C19H24O4. The molecule has 0 saturated carbocycles. The summed E-state index contributed by atoms with van der Waals surface area (Å²) in [6.07, 6.45) is 0.559. The zero-order chi connectivity index (χ0) is 17.1. The number of ether oxygens (including phenoxy) is 2. The van der Waals surface area contributed by atoms with Crippen LogP contribution < -0.4 is 0 Å². The van der Waals surface area contributed by atoms with Crippen molar-refractivity contribution in [2.75, 3.05) is 13.7 Å². The van der Waals surface area contributed by atoms with Crippen LogP contribution in [0, 0.1) is 26.7 Å². The Bertz CT molecular complexity index is 647. The van der Waals surface area contributed by atoms with Gasteiger partial charge in [0.05, 0.1) is 25.7 Å². The topological polar surface area (TPSA) is 52.6 Å². The van der Waals surface area contributed by atoms with Crippen LogP contribution in [0.25, 0.3) is 5.57 Å². The molecule has 0 amide bonds. The molecule has 0 spiro atoms. The lowest BCUT2D eigenvalue weighted by molar-refractivity contribution is -0.145. The second-order valence-electron chi connectivity index (χ2n) is 6.05. The lowest BCUT2D eigenvalue weighted by Gasteiger charge is -2.14. The first-order valence-electron chi connectivity index (χ1n) is 7.94. The second kappa shape index (κ2) is 6.99. The van der Waals surface area contributed by atoms with Gasteiger partial charge in [0.25, 0.3) is 0 Å². The van der Waals surface area contributed by atoms with Crippen molar-refractivity contribution in [3.63, 3.8) is 0 Å². The molecule has 1 aromatic carbocycles. The Kier molecular flexibility index (Phi) is 5.24. The Balaban J connectivity index is 2.38. The summed E-state index contributed by atoms with van der Waals surface area (Å²) in [4.78, 5) is 24.6. The van der Waals surface area contributed by atoms with Crippen LogP contribution in [-0.2, 0) is 19.1 Å². The van der Waals surface area contributed by atoms with Crippen LogP contribution in [0.5, 0.6) is 0 Å². The highest BCUT2D eigenvalue weighted by atomic mass is 16.5.